The van der Waals surface area contributed by atoms with Gasteiger partial charge in [0.05, 0.1) is 33.5 Å². The number of nitrogens with zero attached hydrogens (tertiary/aromatic N) is 2. The Kier molecular flexibility index (Phi) is 8.77. The third kappa shape index (κ3) is 5.60. The van der Waals surface area contributed by atoms with Crippen LogP contribution >= 0.6 is 11.8 Å². The Bertz CT molecular complexity index is 3910. The van der Waals surface area contributed by atoms with Crippen LogP contribution in [0.15, 0.2) is 265 Å². The van der Waals surface area contributed by atoms with Gasteiger partial charge in [-0.15, -0.1) is 0 Å². The molecule has 2 nitrogen and oxygen atoms in total. The largest absolute Gasteiger partial charge is 0.309 e. The van der Waals surface area contributed by atoms with Crippen LogP contribution in [0.5, 0.6) is 0 Å². The highest BCUT2D eigenvalue weighted by Crippen LogP contribution is 2.62. The van der Waals surface area contributed by atoms with Crippen molar-refractivity contribution in [3.8, 4) is 39.1 Å². The van der Waals surface area contributed by atoms with Gasteiger partial charge < -0.3 is 9.47 Å². The summed E-state index contributed by atoms with van der Waals surface area (Å²) >= 11 is 1.89. The minimum absolute atomic E-state index is 0.524. The Morgan fingerprint density at radius 1 is 0.338 bits per heavy atom. The fraction of sp³-hybridized carbons (Fsp3) is 0.0154. The Morgan fingerprint density at radius 2 is 0.897 bits per heavy atom. The highest BCUT2D eigenvalue weighted by atomic mass is 32.2. The number of hydrogen-bond donors (Lipinski definition) is 0. The van der Waals surface area contributed by atoms with Crippen molar-refractivity contribution in [2.24, 2.45) is 0 Å². The summed E-state index contributed by atoms with van der Waals surface area (Å²) in [5, 5.41) is 4.92. The highest BCUT2D eigenvalue weighted by Gasteiger charge is 2.48. The summed E-state index contributed by atoms with van der Waals surface area (Å²) in [6, 6.07) is 94.4. The van der Waals surface area contributed by atoms with Gasteiger partial charge in [-0.3, -0.25) is 0 Å². The van der Waals surface area contributed by atoms with Crippen molar-refractivity contribution in [2.45, 2.75) is 15.2 Å². The second-order valence-corrected chi connectivity index (χ2v) is 19.0. The topological polar surface area (TPSA) is 8.17 Å². The zero-order valence-electron chi connectivity index (χ0n) is 37.1. The minimum Gasteiger partial charge on any atom is -0.309 e. The van der Waals surface area contributed by atoms with E-state index in [-0.39, 0.29) is 0 Å². The number of hydrogen-bond acceptors (Lipinski definition) is 2. The summed E-state index contributed by atoms with van der Waals surface area (Å²) in [5.74, 6) is 0. The predicted molar refractivity (Wildman–Crippen MR) is 285 cm³/mol. The van der Waals surface area contributed by atoms with Crippen molar-refractivity contribution >= 4 is 61.4 Å². The van der Waals surface area contributed by atoms with Crippen LogP contribution < -0.4 is 4.90 Å². The molecule has 0 bridgehead atoms. The van der Waals surface area contributed by atoms with E-state index < -0.39 is 5.41 Å². The lowest BCUT2D eigenvalue weighted by Gasteiger charge is -2.46. The third-order valence-electron chi connectivity index (χ3n) is 14.5. The molecule has 0 unspecified atom stereocenters. The average molecular weight is 883 g/mol. The van der Waals surface area contributed by atoms with Gasteiger partial charge in [-0.25, -0.2) is 0 Å². The second-order valence-electron chi connectivity index (χ2n) is 17.9. The maximum Gasteiger partial charge on any atom is 0.0735 e. The number of anilines is 3. The van der Waals surface area contributed by atoms with E-state index in [1.54, 1.807) is 0 Å². The molecule has 3 heteroatoms. The molecule has 318 valence electrons. The van der Waals surface area contributed by atoms with Crippen LogP contribution in [0, 0.1) is 0 Å². The van der Waals surface area contributed by atoms with Gasteiger partial charge in [0.25, 0.3) is 0 Å². The lowest BCUT2D eigenvalue weighted by molar-refractivity contribution is 0.707. The molecule has 0 saturated carbocycles. The molecule has 14 rings (SSSR count). The molecule has 2 heterocycles. The van der Waals surface area contributed by atoms with E-state index in [0.717, 1.165) is 28.3 Å². The Morgan fingerprint density at radius 3 is 1.66 bits per heavy atom. The van der Waals surface area contributed by atoms with Crippen LogP contribution in [0.3, 0.4) is 0 Å². The van der Waals surface area contributed by atoms with Crippen LogP contribution in [0.25, 0.3) is 71.6 Å². The third-order valence-corrected chi connectivity index (χ3v) is 15.6. The smallest absolute Gasteiger partial charge is 0.0735 e. The van der Waals surface area contributed by atoms with E-state index >= 15 is 0 Å². The molecule has 0 saturated heterocycles. The SMILES string of the molecule is c1ccc(-c2ccccc2N(c2ccc3c(c2)c2ccccc2n3-c2ccccc2-c2ccccc2)c2ccc3c4c(cccc24)C2(c4ccccc4Sc4ccccc42)c2ccccc2-3)cc1. The molecular formula is C65H42N2S. The monoisotopic (exact) mass is 882 g/mol. The highest BCUT2D eigenvalue weighted by molar-refractivity contribution is 7.99. The first-order valence-electron chi connectivity index (χ1n) is 23.4. The van der Waals surface area contributed by atoms with Crippen molar-refractivity contribution in [2.75, 3.05) is 4.90 Å². The summed E-state index contributed by atoms with van der Waals surface area (Å²) in [6.07, 6.45) is 0. The van der Waals surface area contributed by atoms with E-state index in [9.17, 15) is 0 Å². The van der Waals surface area contributed by atoms with Gasteiger partial charge in [-0.05, 0) is 104 Å². The van der Waals surface area contributed by atoms with Crippen molar-refractivity contribution in [1.29, 1.82) is 0 Å². The summed E-state index contributed by atoms with van der Waals surface area (Å²) < 4.78 is 2.45. The first-order valence-corrected chi connectivity index (χ1v) is 24.2. The minimum atomic E-state index is -0.524. The second kappa shape index (κ2) is 15.4. The summed E-state index contributed by atoms with van der Waals surface area (Å²) in [7, 11) is 0. The molecule has 1 aliphatic carbocycles. The molecule has 0 amide bonds. The molecular weight excluding hydrogens is 841 g/mol. The zero-order chi connectivity index (χ0) is 44.8. The molecule has 1 aromatic heterocycles. The molecule has 11 aromatic carbocycles. The molecule has 1 spiro atoms. The first kappa shape index (κ1) is 38.9. The maximum absolute atomic E-state index is 2.53. The zero-order valence-corrected chi connectivity index (χ0v) is 37.9. The van der Waals surface area contributed by atoms with E-state index in [4.69, 9.17) is 0 Å². The number of benzene rings is 11. The number of aromatic nitrogens is 1. The molecule has 12 aromatic rings. The van der Waals surface area contributed by atoms with Crippen LogP contribution in [-0.4, -0.2) is 4.57 Å². The van der Waals surface area contributed by atoms with Crippen LogP contribution in [0.4, 0.5) is 17.1 Å². The average Bonchev–Trinajstić information content (AvgIpc) is 3.74. The number of fused-ring (bicyclic) bond motifs is 11. The molecule has 0 fully saturated rings. The van der Waals surface area contributed by atoms with Crippen molar-refractivity contribution in [1.82, 2.24) is 4.57 Å². The van der Waals surface area contributed by atoms with Crippen LogP contribution in [0.2, 0.25) is 0 Å². The molecule has 68 heavy (non-hydrogen) atoms. The van der Waals surface area contributed by atoms with E-state index in [2.05, 4.69) is 264 Å². The Hall–Kier alpha value is -8.37. The quantitative estimate of drug-likeness (QED) is 0.164. The lowest BCUT2D eigenvalue weighted by Crippen LogP contribution is -2.36. The fourth-order valence-corrected chi connectivity index (χ4v) is 12.9. The number of para-hydroxylation sites is 3. The van der Waals surface area contributed by atoms with E-state index in [1.165, 1.54) is 92.5 Å². The summed E-state index contributed by atoms with van der Waals surface area (Å²) in [6.45, 7) is 0. The molecule has 0 N–H and O–H groups in total. The van der Waals surface area contributed by atoms with Gasteiger partial charge >= 0.3 is 0 Å². The number of rotatable bonds is 6. The van der Waals surface area contributed by atoms with Gasteiger partial charge in [0, 0.05) is 42.8 Å². The van der Waals surface area contributed by atoms with E-state index in [1.807, 2.05) is 11.8 Å². The van der Waals surface area contributed by atoms with Gasteiger partial charge in [-0.1, -0.05) is 212 Å². The normalized spacial score (nSPS) is 13.1. The first-order chi connectivity index (χ1) is 33.8. The maximum atomic E-state index is 2.53. The van der Waals surface area contributed by atoms with Gasteiger partial charge in [0.15, 0.2) is 0 Å². The molecule has 0 radical (unpaired) electrons. The molecule has 2 aliphatic rings. The van der Waals surface area contributed by atoms with Gasteiger partial charge in [0.2, 0.25) is 0 Å². The van der Waals surface area contributed by atoms with Gasteiger partial charge in [-0.2, -0.15) is 0 Å². The van der Waals surface area contributed by atoms with Crippen molar-refractivity contribution in [3.05, 3.63) is 277 Å². The summed E-state index contributed by atoms with van der Waals surface area (Å²) in [5.41, 5.74) is 18.9. The standard InChI is InChI=1S/C65H42N2S/c1-3-20-43(21-4-1)46-24-8-14-33-57(46)66(45-38-40-61-52(42-45)49-27-10-16-35-59(49)67(61)58-34-15-9-25-47(58)44-22-5-2-6-23-44)60-41-39-50-48-26-7-11-29-53(48)65(56-32-19-28-51(60)64(50)56)54-30-12-17-36-62(54)68-63-37-18-13-31-55(63)65/h1-42H. The lowest BCUT2D eigenvalue weighted by atomic mass is 9.59. The van der Waals surface area contributed by atoms with E-state index in [0.29, 0.717) is 0 Å². The van der Waals surface area contributed by atoms with Crippen LogP contribution in [-0.2, 0) is 5.41 Å². The predicted octanol–water partition coefficient (Wildman–Crippen LogP) is 17.6. The Balaban J connectivity index is 1.07. The summed E-state index contributed by atoms with van der Waals surface area (Å²) in [4.78, 5) is 5.13. The van der Waals surface area contributed by atoms with Crippen LogP contribution in [0.1, 0.15) is 22.3 Å². The fourth-order valence-electron chi connectivity index (χ4n) is 11.7. The van der Waals surface area contributed by atoms with Crippen molar-refractivity contribution in [3.63, 3.8) is 0 Å². The van der Waals surface area contributed by atoms with Gasteiger partial charge in [0.1, 0.15) is 0 Å². The molecule has 0 atom stereocenters. The van der Waals surface area contributed by atoms with Crippen molar-refractivity contribution < 1.29 is 0 Å². The molecule has 1 aliphatic heterocycles. The Labute approximate surface area is 400 Å².